The van der Waals surface area contributed by atoms with E-state index in [2.05, 4.69) is 37.0 Å². The van der Waals surface area contributed by atoms with Crippen molar-refractivity contribution >= 4 is 34.7 Å². The Morgan fingerprint density at radius 2 is 2.00 bits per heavy atom. The second kappa shape index (κ2) is 7.61. The molecule has 1 saturated heterocycles. The third-order valence-corrected chi connectivity index (χ3v) is 5.74. The fourth-order valence-electron chi connectivity index (χ4n) is 3.17. The van der Waals surface area contributed by atoms with E-state index in [1.54, 1.807) is 18.8 Å². The number of aliphatic imine (C=N–C) groups is 1. The van der Waals surface area contributed by atoms with Crippen molar-refractivity contribution in [2.75, 3.05) is 19.8 Å². The van der Waals surface area contributed by atoms with E-state index in [1.807, 2.05) is 10.6 Å². The second-order valence-electron chi connectivity index (χ2n) is 6.71. The summed E-state index contributed by atoms with van der Waals surface area (Å²) < 4.78 is 2.03. The fraction of sp³-hybridized carbons (Fsp3) is 0.474. The normalized spacial score (nSPS) is 20.0. The number of carbonyl (C=O) groups excluding carboxylic acids is 2. The van der Waals surface area contributed by atoms with Crippen LogP contribution in [0.25, 0.3) is 0 Å². The average molecular weight is 374 g/mol. The molecule has 0 radical (unpaired) electrons. The van der Waals surface area contributed by atoms with E-state index in [-0.39, 0.29) is 11.9 Å². The first-order chi connectivity index (χ1) is 12.4. The van der Waals surface area contributed by atoms with E-state index in [1.165, 1.54) is 22.4 Å². The number of rotatable bonds is 5. The lowest BCUT2D eigenvalue weighted by Crippen LogP contribution is -2.61. The Hall–Kier alpha value is -2.15. The predicted octanol–water partition coefficient (Wildman–Crippen LogP) is 2.70. The van der Waals surface area contributed by atoms with Gasteiger partial charge in [0.25, 0.3) is 17.8 Å². The van der Waals surface area contributed by atoms with Crippen LogP contribution in [0.5, 0.6) is 0 Å². The maximum atomic E-state index is 12.8. The van der Waals surface area contributed by atoms with Crippen molar-refractivity contribution in [1.82, 2.24) is 9.80 Å². The molecule has 2 aliphatic heterocycles. The van der Waals surface area contributed by atoms with Crippen LogP contribution in [0.2, 0.25) is 0 Å². The molecule has 0 spiro atoms. The van der Waals surface area contributed by atoms with Gasteiger partial charge in [0.1, 0.15) is 6.54 Å². The molecule has 26 heavy (non-hydrogen) atoms. The molecule has 1 aromatic rings. The Bertz CT molecular complexity index is 802. The lowest BCUT2D eigenvalue weighted by atomic mass is 10.1. The molecule has 0 N–H and O–H groups in total. The molecular formula is C19H25N4O2S+. The number of nitrogens with zero attached hydrogens (tertiary/aromatic N) is 4. The first-order valence-electron chi connectivity index (χ1n) is 8.89. The molecule has 3 rings (SSSR count). The van der Waals surface area contributed by atoms with Gasteiger partial charge in [-0.05, 0) is 35.7 Å². The summed E-state index contributed by atoms with van der Waals surface area (Å²) in [4.78, 5) is 32.5. The van der Waals surface area contributed by atoms with Crippen LogP contribution in [0.15, 0.2) is 29.3 Å². The number of thioether (sulfide) groups is 1. The summed E-state index contributed by atoms with van der Waals surface area (Å²) in [7, 11) is 3.21. The Balaban J connectivity index is 1.97. The molecule has 0 bridgehead atoms. The van der Waals surface area contributed by atoms with Gasteiger partial charge in [-0.2, -0.15) is 0 Å². The highest BCUT2D eigenvalue weighted by molar-refractivity contribution is 8.13. The third-order valence-electron chi connectivity index (χ3n) is 4.66. The van der Waals surface area contributed by atoms with Crippen LogP contribution < -0.4 is 0 Å². The molecule has 0 aliphatic carbocycles. The Kier molecular flexibility index (Phi) is 5.46. The van der Waals surface area contributed by atoms with Crippen LogP contribution in [0.3, 0.4) is 0 Å². The van der Waals surface area contributed by atoms with Crippen molar-refractivity contribution in [3.8, 4) is 0 Å². The van der Waals surface area contributed by atoms with Crippen LogP contribution in [0.4, 0.5) is 4.79 Å². The maximum absolute atomic E-state index is 12.8. The van der Waals surface area contributed by atoms with Gasteiger partial charge in [0.15, 0.2) is 0 Å². The quantitative estimate of drug-likeness (QED) is 0.589. The number of benzene rings is 1. The van der Waals surface area contributed by atoms with Gasteiger partial charge >= 0.3 is 11.2 Å². The molecule has 6 nitrogen and oxygen atoms in total. The summed E-state index contributed by atoms with van der Waals surface area (Å²) in [5.41, 5.74) is 2.31. The van der Waals surface area contributed by atoms with Gasteiger partial charge in [-0.15, -0.1) is 0 Å². The molecule has 2 aliphatic rings. The number of fused-ring (bicyclic) bond motifs is 1. The second-order valence-corrected chi connectivity index (χ2v) is 7.77. The highest BCUT2D eigenvalue weighted by Crippen LogP contribution is 2.25. The van der Waals surface area contributed by atoms with Gasteiger partial charge < -0.3 is 0 Å². The molecule has 138 valence electrons. The number of carbonyl (C=O) groups is 2. The Labute approximate surface area is 158 Å². The van der Waals surface area contributed by atoms with E-state index < -0.39 is 6.04 Å². The highest BCUT2D eigenvalue weighted by Gasteiger charge is 2.53. The lowest BCUT2D eigenvalue weighted by Gasteiger charge is -2.30. The number of hydrogen-bond donors (Lipinski definition) is 0. The first kappa shape index (κ1) is 18.6. The van der Waals surface area contributed by atoms with Crippen LogP contribution in [0, 0.1) is 6.92 Å². The fourth-order valence-corrected chi connectivity index (χ4v) is 4.27. The van der Waals surface area contributed by atoms with Gasteiger partial charge in [0.05, 0.1) is 0 Å². The van der Waals surface area contributed by atoms with Gasteiger partial charge in [-0.25, -0.2) is 9.37 Å². The van der Waals surface area contributed by atoms with Crippen molar-refractivity contribution < 1.29 is 14.2 Å². The molecule has 7 heteroatoms. The lowest BCUT2D eigenvalue weighted by molar-refractivity contribution is -0.548. The van der Waals surface area contributed by atoms with Crippen LogP contribution >= 0.6 is 11.8 Å². The van der Waals surface area contributed by atoms with Crippen molar-refractivity contribution in [3.63, 3.8) is 0 Å². The average Bonchev–Trinajstić information content (AvgIpc) is 2.97. The highest BCUT2D eigenvalue weighted by atomic mass is 32.2. The maximum Gasteiger partial charge on any atom is 0.358 e. The van der Waals surface area contributed by atoms with Crippen molar-refractivity contribution in [2.45, 2.75) is 39.3 Å². The molecule has 1 atom stereocenters. The minimum absolute atomic E-state index is 0.217. The van der Waals surface area contributed by atoms with Gasteiger partial charge in [-0.3, -0.25) is 14.6 Å². The Morgan fingerprint density at radius 1 is 1.23 bits per heavy atom. The van der Waals surface area contributed by atoms with Gasteiger partial charge in [-0.1, -0.05) is 43.2 Å². The smallest absolute Gasteiger partial charge is 0.269 e. The number of imide groups is 1. The SMILES string of the molecule is CCCCSC1=[N+](Cc2cccc(C)c2)C2C(=O)N(C)C(=O)N(C)C2=N1. The number of hydrogen-bond acceptors (Lipinski definition) is 4. The van der Waals surface area contributed by atoms with E-state index in [0.717, 1.165) is 29.3 Å². The number of urea groups is 1. The summed E-state index contributed by atoms with van der Waals surface area (Å²) in [6.45, 7) is 4.80. The van der Waals surface area contributed by atoms with Crippen molar-refractivity contribution in [1.29, 1.82) is 0 Å². The zero-order chi connectivity index (χ0) is 18.8. The number of amidine groups is 2. The zero-order valence-corrected chi connectivity index (χ0v) is 16.5. The topological polar surface area (TPSA) is 56.0 Å². The molecule has 1 aromatic carbocycles. The van der Waals surface area contributed by atoms with Gasteiger partial charge in [0.2, 0.25) is 0 Å². The summed E-state index contributed by atoms with van der Waals surface area (Å²) in [5.74, 6) is 1.26. The molecular weight excluding hydrogens is 348 g/mol. The Morgan fingerprint density at radius 3 is 2.69 bits per heavy atom. The number of amides is 3. The van der Waals surface area contributed by atoms with Crippen LogP contribution in [-0.2, 0) is 11.3 Å². The van der Waals surface area contributed by atoms with Gasteiger partial charge in [0, 0.05) is 19.8 Å². The number of aryl methyl sites for hydroxylation is 1. The first-order valence-corrected chi connectivity index (χ1v) is 9.88. The van der Waals surface area contributed by atoms with Crippen LogP contribution in [0.1, 0.15) is 30.9 Å². The zero-order valence-electron chi connectivity index (χ0n) is 15.7. The summed E-state index contributed by atoms with van der Waals surface area (Å²) in [5, 5.41) is 0.822. The summed E-state index contributed by atoms with van der Waals surface area (Å²) in [6, 6.07) is 7.40. The molecule has 1 unspecified atom stereocenters. The largest absolute Gasteiger partial charge is 0.358 e. The molecule has 0 saturated carbocycles. The molecule has 2 heterocycles. The monoisotopic (exact) mass is 373 g/mol. The van der Waals surface area contributed by atoms with Crippen LogP contribution in [-0.4, -0.2) is 63.2 Å². The standard InChI is InChI=1S/C19H25N4O2S/c1-5-6-10-26-18-20-16-15(17(24)22(4)19(25)21(16)3)23(18)12-14-9-7-8-13(2)11-14/h7-9,11,15H,5-6,10,12H2,1-4H3/q+1. The van der Waals surface area contributed by atoms with E-state index >= 15 is 0 Å². The third kappa shape index (κ3) is 3.40. The number of unbranched alkanes of at least 4 members (excludes halogenated alkanes) is 1. The summed E-state index contributed by atoms with van der Waals surface area (Å²) in [6.07, 6.45) is 2.20. The molecule has 1 fully saturated rings. The summed E-state index contributed by atoms with van der Waals surface area (Å²) >= 11 is 1.66. The van der Waals surface area contributed by atoms with E-state index in [9.17, 15) is 9.59 Å². The van der Waals surface area contributed by atoms with E-state index in [4.69, 9.17) is 0 Å². The molecule has 3 amide bonds. The number of likely N-dealkylation sites (N-methyl/N-ethyl adjacent to an activating group) is 2. The van der Waals surface area contributed by atoms with Crippen molar-refractivity contribution in [3.05, 3.63) is 35.4 Å². The minimum atomic E-state index is -0.535. The van der Waals surface area contributed by atoms with Crippen molar-refractivity contribution in [2.24, 2.45) is 4.99 Å². The van der Waals surface area contributed by atoms with E-state index in [0.29, 0.717) is 12.4 Å². The minimum Gasteiger partial charge on any atom is -0.269 e. The predicted molar refractivity (Wildman–Crippen MR) is 105 cm³/mol. The molecule has 0 aromatic heterocycles.